The largest absolute Gasteiger partial charge is 0.496 e. The number of hydrogen-bond donors (Lipinski definition) is 0. The Bertz CT molecular complexity index is 735. The number of benzene rings is 2. The lowest BCUT2D eigenvalue weighted by molar-refractivity contribution is 0.128. The van der Waals surface area contributed by atoms with Crippen molar-refractivity contribution in [1.29, 1.82) is 0 Å². The van der Waals surface area contributed by atoms with Gasteiger partial charge in [0.05, 0.1) is 19.9 Å². The Morgan fingerprint density at radius 1 is 1.04 bits per heavy atom. The first-order valence-electron chi connectivity index (χ1n) is 7.76. The fourth-order valence-electron chi connectivity index (χ4n) is 2.37. The van der Waals surface area contributed by atoms with E-state index in [0.717, 1.165) is 33.9 Å². The molecule has 0 radical (unpaired) electrons. The summed E-state index contributed by atoms with van der Waals surface area (Å²) in [4.78, 5) is 5.45. The van der Waals surface area contributed by atoms with Gasteiger partial charge in [-0.3, -0.25) is 0 Å². The SMILES string of the molecule is COc1ccccc1C=CC(C)=NOCc1cccc(C)c1OC. The number of methoxy groups -OCH3 is 2. The van der Waals surface area contributed by atoms with Crippen LogP contribution in [0, 0.1) is 6.92 Å². The Hall–Kier alpha value is -2.75. The van der Waals surface area contributed by atoms with Gasteiger partial charge < -0.3 is 14.3 Å². The van der Waals surface area contributed by atoms with Gasteiger partial charge in [-0.15, -0.1) is 0 Å². The topological polar surface area (TPSA) is 40.0 Å². The van der Waals surface area contributed by atoms with E-state index in [1.54, 1.807) is 14.2 Å². The van der Waals surface area contributed by atoms with Gasteiger partial charge in [0.15, 0.2) is 0 Å². The van der Waals surface area contributed by atoms with E-state index >= 15 is 0 Å². The molecule has 4 heteroatoms. The highest BCUT2D eigenvalue weighted by molar-refractivity contribution is 5.96. The normalized spacial score (nSPS) is 11.6. The lowest BCUT2D eigenvalue weighted by Crippen LogP contribution is -1.97. The van der Waals surface area contributed by atoms with Crippen LogP contribution in [0.1, 0.15) is 23.6 Å². The molecule has 0 bridgehead atoms. The summed E-state index contributed by atoms with van der Waals surface area (Å²) >= 11 is 0. The molecule has 0 aliphatic carbocycles. The van der Waals surface area contributed by atoms with Crippen LogP contribution in [0.2, 0.25) is 0 Å². The Labute approximate surface area is 143 Å². The van der Waals surface area contributed by atoms with Crippen LogP contribution >= 0.6 is 0 Å². The fraction of sp³-hybridized carbons (Fsp3) is 0.250. The van der Waals surface area contributed by atoms with Crippen molar-refractivity contribution in [1.82, 2.24) is 0 Å². The Morgan fingerprint density at radius 2 is 1.83 bits per heavy atom. The maximum absolute atomic E-state index is 5.45. The number of allylic oxidation sites excluding steroid dienone is 1. The number of aryl methyl sites for hydroxylation is 1. The van der Waals surface area contributed by atoms with Gasteiger partial charge >= 0.3 is 0 Å². The van der Waals surface area contributed by atoms with E-state index in [-0.39, 0.29) is 0 Å². The van der Waals surface area contributed by atoms with Crippen LogP contribution in [0.5, 0.6) is 11.5 Å². The molecule has 0 unspecified atom stereocenters. The van der Waals surface area contributed by atoms with Gasteiger partial charge in [-0.25, -0.2) is 0 Å². The van der Waals surface area contributed by atoms with Crippen molar-refractivity contribution in [3.63, 3.8) is 0 Å². The van der Waals surface area contributed by atoms with Gasteiger partial charge in [0, 0.05) is 11.1 Å². The average Bonchev–Trinajstić information content (AvgIpc) is 2.60. The minimum Gasteiger partial charge on any atom is -0.496 e. The third-order valence-corrected chi connectivity index (χ3v) is 3.57. The van der Waals surface area contributed by atoms with Crippen LogP contribution in [0.25, 0.3) is 6.08 Å². The second-order valence-corrected chi connectivity index (χ2v) is 5.35. The molecular formula is C20H23NO3. The Kier molecular flexibility index (Phi) is 6.43. The molecular weight excluding hydrogens is 302 g/mol. The summed E-state index contributed by atoms with van der Waals surface area (Å²) in [5.74, 6) is 1.67. The molecule has 4 nitrogen and oxygen atoms in total. The van der Waals surface area contributed by atoms with E-state index < -0.39 is 0 Å². The summed E-state index contributed by atoms with van der Waals surface area (Å²) in [5.41, 5.74) is 3.82. The summed E-state index contributed by atoms with van der Waals surface area (Å²) in [5, 5.41) is 4.13. The van der Waals surface area contributed by atoms with Crippen LogP contribution in [0.4, 0.5) is 0 Å². The van der Waals surface area contributed by atoms with Crippen LogP contribution in [-0.2, 0) is 11.4 Å². The first-order valence-corrected chi connectivity index (χ1v) is 7.76. The maximum atomic E-state index is 5.45. The summed E-state index contributed by atoms with van der Waals surface area (Å²) in [6.07, 6.45) is 3.85. The average molecular weight is 325 g/mol. The minimum absolute atomic E-state index is 0.366. The molecule has 0 spiro atoms. The van der Waals surface area contributed by atoms with E-state index in [2.05, 4.69) is 5.16 Å². The fourth-order valence-corrected chi connectivity index (χ4v) is 2.37. The number of rotatable bonds is 7. The van der Waals surface area contributed by atoms with Gasteiger partial charge in [0.25, 0.3) is 0 Å². The van der Waals surface area contributed by atoms with Crippen molar-refractivity contribution in [3.05, 3.63) is 65.2 Å². The molecule has 0 aliphatic rings. The van der Waals surface area contributed by atoms with Crippen LogP contribution < -0.4 is 9.47 Å². The zero-order valence-corrected chi connectivity index (χ0v) is 14.6. The number of hydrogen-bond acceptors (Lipinski definition) is 4. The zero-order chi connectivity index (χ0) is 17.4. The quantitative estimate of drug-likeness (QED) is 0.551. The monoisotopic (exact) mass is 325 g/mol. The van der Waals surface area contributed by atoms with Crippen molar-refractivity contribution in [2.45, 2.75) is 20.5 Å². The van der Waals surface area contributed by atoms with Crippen molar-refractivity contribution in [2.24, 2.45) is 5.16 Å². The summed E-state index contributed by atoms with van der Waals surface area (Å²) in [6, 6.07) is 13.8. The minimum atomic E-state index is 0.366. The summed E-state index contributed by atoms with van der Waals surface area (Å²) in [7, 11) is 3.32. The van der Waals surface area contributed by atoms with Gasteiger partial charge in [-0.1, -0.05) is 41.6 Å². The summed E-state index contributed by atoms with van der Waals surface area (Å²) in [6.45, 7) is 4.26. The number of nitrogens with zero attached hydrogens (tertiary/aromatic N) is 1. The lowest BCUT2D eigenvalue weighted by atomic mass is 10.1. The van der Waals surface area contributed by atoms with Crippen molar-refractivity contribution >= 4 is 11.8 Å². The van der Waals surface area contributed by atoms with E-state index in [4.69, 9.17) is 14.3 Å². The molecule has 2 rings (SSSR count). The molecule has 0 saturated heterocycles. The van der Waals surface area contributed by atoms with E-state index in [1.807, 2.05) is 68.5 Å². The second kappa shape index (κ2) is 8.77. The van der Waals surface area contributed by atoms with E-state index in [9.17, 15) is 0 Å². The van der Waals surface area contributed by atoms with Gasteiger partial charge in [-0.05, 0) is 37.6 Å². The smallest absolute Gasteiger partial charge is 0.145 e. The molecule has 0 aliphatic heterocycles. The second-order valence-electron chi connectivity index (χ2n) is 5.35. The highest BCUT2D eigenvalue weighted by atomic mass is 16.6. The molecule has 0 heterocycles. The summed E-state index contributed by atoms with van der Waals surface area (Å²) < 4.78 is 10.7. The highest BCUT2D eigenvalue weighted by Crippen LogP contribution is 2.23. The van der Waals surface area contributed by atoms with Crippen LogP contribution in [-0.4, -0.2) is 19.9 Å². The number of ether oxygens (including phenoxy) is 2. The van der Waals surface area contributed by atoms with Crippen LogP contribution in [0.15, 0.2) is 53.7 Å². The molecule has 0 saturated carbocycles. The van der Waals surface area contributed by atoms with Gasteiger partial charge in [-0.2, -0.15) is 0 Å². The van der Waals surface area contributed by atoms with Crippen molar-refractivity contribution < 1.29 is 14.3 Å². The molecule has 0 aromatic heterocycles. The molecule has 0 fully saturated rings. The number of oxime groups is 1. The standard InChI is InChI=1S/C20H23NO3/c1-15-8-7-10-18(20(15)23-4)14-24-21-16(2)12-13-17-9-5-6-11-19(17)22-3/h5-13H,14H2,1-4H3. The Balaban J connectivity index is 2.00. The van der Waals surface area contributed by atoms with Crippen molar-refractivity contribution in [3.8, 4) is 11.5 Å². The maximum Gasteiger partial charge on any atom is 0.145 e. The molecule has 2 aromatic carbocycles. The highest BCUT2D eigenvalue weighted by Gasteiger charge is 2.05. The molecule has 24 heavy (non-hydrogen) atoms. The first kappa shape index (κ1) is 17.6. The van der Waals surface area contributed by atoms with E-state index in [1.165, 1.54) is 0 Å². The van der Waals surface area contributed by atoms with E-state index in [0.29, 0.717) is 6.61 Å². The van der Waals surface area contributed by atoms with Gasteiger partial charge in [0.2, 0.25) is 0 Å². The number of para-hydroxylation sites is 2. The van der Waals surface area contributed by atoms with Crippen LogP contribution in [0.3, 0.4) is 0 Å². The molecule has 126 valence electrons. The molecule has 0 atom stereocenters. The molecule has 0 N–H and O–H groups in total. The van der Waals surface area contributed by atoms with Crippen molar-refractivity contribution in [2.75, 3.05) is 14.2 Å². The third-order valence-electron chi connectivity index (χ3n) is 3.57. The van der Waals surface area contributed by atoms with Gasteiger partial charge in [0.1, 0.15) is 18.1 Å². The lowest BCUT2D eigenvalue weighted by Gasteiger charge is -2.10. The molecule has 0 amide bonds. The third kappa shape index (κ3) is 4.62. The first-order chi connectivity index (χ1) is 11.7. The predicted molar refractivity (Wildman–Crippen MR) is 97.7 cm³/mol. The predicted octanol–water partition coefficient (Wildman–Crippen LogP) is 4.62. The zero-order valence-electron chi connectivity index (χ0n) is 14.6. The molecule has 2 aromatic rings. The Morgan fingerprint density at radius 3 is 2.58 bits per heavy atom.